The maximum absolute atomic E-state index is 14.0. The van der Waals surface area contributed by atoms with Crippen molar-refractivity contribution in [2.75, 3.05) is 19.6 Å². The lowest BCUT2D eigenvalue weighted by molar-refractivity contribution is -0.139. The minimum atomic E-state index is -0.232. The zero-order chi connectivity index (χ0) is 19.3. The molecule has 1 amide bonds. The van der Waals surface area contributed by atoms with Gasteiger partial charge in [0.15, 0.2) is 5.76 Å². The first-order valence-electron chi connectivity index (χ1n) is 10.3. The summed E-state index contributed by atoms with van der Waals surface area (Å²) >= 11 is 0. The minimum absolute atomic E-state index is 0.0322. The standard InChI is InChI=1S/C22H26FN3O2/c1-14-8-19(28-24-14)12-25-10-17-11-26(22(27)15-4-2-5-15)21(20(17)13-25)16-6-3-7-18(23)9-16/h3,6-9,15,17,20-21H,2,4-5,10-13H2,1H3/t17-,20-,21-/m0/s1. The number of aryl methyl sites for hydroxylation is 1. The number of hydrogen-bond donors (Lipinski definition) is 0. The fraction of sp³-hybridized carbons (Fsp3) is 0.545. The van der Waals surface area contributed by atoms with Gasteiger partial charge in [-0.3, -0.25) is 9.69 Å². The van der Waals surface area contributed by atoms with Crippen molar-refractivity contribution in [2.45, 2.75) is 38.8 Å². The van der Waals surface area contributed by atoms with E-state index in [1.807, 2.05) is 19.1 Å². The molecule has 0 spiro atoms. The second-order valence-corrected chi connectivity index (χ2v) is 8.67. The van der Waals surface area contributed by atoms with Gasteiger partial charge in [-0.1, -0.05) is 23.7 Å². The molecule has 2 aliphatic heterocycles. The van der Waals surface area contributed by atoms with E-state index in [-0.39, 0.29) is 23.7 Å². The van der Waals surface area contributed by atoms with Crippen molar-refractivity contribution in [3.8, 4) is 0 Å². The Morgan fingerprint density at radius 1 is 1.25 bits per heavy atom. The van der Waals surface area contributed by atoms with Crippen molar-refractivity contribution in [1.29, 1.82) is 0 Å². The van der Waals surface area contributed by atoms with Gasteiger partial charge in [0.1, 0.15) is 5.82 Å². The van der Waals surface area contributed by atoms with Crippen LogP contribution in [0.25, 0.3) is 0 Å². The first-order chi connectivity index (χ1) is 13.6. The minimum Gasteiger partial charge on any atom is -0.360 e. The maximum atomic E-state index is 14.0. The number of amides is 1. The van der Waals surface area contributed by atoms with E-state index >= 15 is 0 Å². The molecular formula is C22H26FN3O2. The van der Waals surface area contributed by atoms with Crippen LogP contribution in [-0.4, -0.2) is 40.5 Å². The number of carbonyl (C=O) groups is 1. The lowest BCUT2D eigenvalue weighted by Crippen LogP contribution is -2.41. The molecule has 5 nitrogen and oxygen atoms in total. The van der Waals surface area contributed by atoms with Gasteiger partial charge in [0.2, 0.25) is 5.91 Å². The summed E-state index contributed by atoms with van der Waals surface area (Å²) in [4.78, 5) is 17.5. The predicted molar refractivity (Wildman–Crippen MR) is 102 cm³/mol. The molecule has 3 aliphatic rings. The van der Waals surface area contributed by atoms with Gasteiger partial charge in [-0.25, -0.2) is 4.39 Å². The molecule has 1 aromatic carbocycles. The molecule has 5 rings (SSSR count). The van der Waals surface area contributed by atoms with Crippen LogP contribution in [0.5, 0.6) is 0 Å². The van der Waals surface area contributed by atoms with Gasteiger partial charge in [0.25, 0.3) is 0 Å². The van der Waals surface area contributed by atoms with Crippen LogP contribution in [0.4, 0.5) is 4.39 Å². The van der Waals surface area contributed by atoms with E-state index in [2.05, 4.69) is 15.0 Å². The zero-order valence-electron chi connectivity index (χ0n) is 16.2. The summed E-state index contributed by atoms with van der Waals surface area (Å²) in [5.74, 6) is 1.83. The average molecular weight is 383 g/mol. The fourth-order valence-corrected chi connectivity index (χ4v) is 5.21. The van der Waals surface area contributed by atoms with Crippen molar-refractivity contribution in [1.82, 2.24) is 15.0 Å². The Labute approximate surface area is 164 Å². The third-order valence-corrected chi connectivity index (χ3v) is 6.72. The van der Waals surface area contributed by atoms with E-state index in [9.17, 15) is 9.18 Å². The molecule has 1 saturated carbocycles. The number of nitrogens with zero attached hydrogens (tertiary/aromatic N) is 3. The van der Waals surface area contributed by atoms with Crippen LogP contribution in [-0.2, 0) is 11.3 Å². The van der Waals surface area contributed by atoms with E-state index < -0.39 is 0 Å². The molecule has 28 heavy (non-hydrogen) atoms. The Morgan fingerprint density at radius 3 is 2.79 bits per heavy atom. The van der Waals surface area contributed by atoms with Crippen molar-refractivity contribution in [3.05, 3.63) is 53.2 Å². The zero-order valence-corrected chi connectivity index (χ0v) is 16.2. The Morgan fingerprint density at radius 2 is 2.11 bits per heavy atom. The lowest BCUT2D eigenvalue weighted by Gasteiger charge is -2.35. The molecule has 2 saturated heterocycles. The Hall–Kier alpha value is -2.21. The van der Waals surface area contributed by atoms with Gasteiger partial charge in [-0.2, -0.15) is 0 Å². The van der Waals surface area contributed by atoms with E-state index in [4.69, 9.17) is 4.52 Å². The smallest absolute Gasteiger partial charge is 0.226 e. The van der Waals surface area contributed by atoms with Gasteiger partial charge in [0.05, 0.1) is 18.3 Å². The third-order valence-electron chi connectivity index (χ3n) is 6.72. The van der Waals surface area contributed by atoms with E-state index in [0.29, 0.717) is 11.8 Å². The lowest BCUT2D eigenvalue weighted by atomic mass is 9.83. The van der Waals surface area contributed by atoms with E-state index in [0.717, 1.165) is 62.5 Å². The molecule has 2 aromatic rings. The highest BCUT2D eigenvalue weighted by atomic mass is 19.1. The Balaban J connectivity index is 1.39. The number of halogens is 1. The summed E-state index contributed by atoms with van der Waals surface area (Å²) in [6, 6.07) is 8.76. The largest absolute Gasteiger partial charge is 0.360 e. The maximum Gasteiger partial charge on any atom is 0.226 e. The topological polar surface area (TPSA) is 49.6 Å². The van der Waals surface area contributed by atoms with Crippen molar-refractivity contribution >= 4 is 5.91 Å². The summed E-state index contributed by atoms with van der Waals surface area (Å²) in [5, 5.41) is 3.98. The SMILES string of the molecule is Cc1cc(CN2C[C@H]3CN(C(=O)C4CCC4)[C@@H](c4cccc(F)c4)[C@H]3C2)on1. The summed E-state index contributed by atoms with van der Waals surface area (Å²) in [6.45, 7) is 5.26. The molecule has 6 heteroatoms. The summed E-state index contributed by atoms with van der Waals surface area (Å²) in [5.41, 5.74) is 1.82. The second kappa shape index (κ2) is 6.99. The summed E-state index contributed by atoms with van der Waals surface area (Å²) in [6.07, 6.45) is 3.14. The number of likely N-dealkylation sites (tertiary alicyclic amines) is 2. The van der Waals surface area contributed by atoms with Crippen molar-refractivity contribution in [2.24, 2.45) is 17.8 Å². The third kappa shape index (κ3) is 3.13. The number of carbonyl (C=O) groups excluding carboxylic acids is 1. The van der Waals surface area contributed by atoms with Crippen LogP contribution in [0.15, 0.2) is 34.9 Å². The molecule has 0 unspecified atom stereocenters. The van der Waals surface area contributed by atoms with Crippen LogP contribution < -0.4 is 0 Å². The molecule has 1 aromatic heterocycles. The number of aromatic nitrogens is 1. The van der Waals surface area contributed by atoms with E-state index in [1.165, 1.54) is 6.07 Å². The van der Waals surface area contributed by atoms with E-state index in [1.54, 1.807) is 12.1 Å². The van der Waals surface area contributed by atoms with Gasteiger partial charge in [-0.05, 0) is 43.4 Å². The summed E-state index contributed by atoms with van der Waals surface area (Å²) < 4.78 is 19.3. The molecule has 0 bridgehead atoms. The second-order valence-electron chi connectivity index (χ2n) is 8.67. The van der Waals surface area contributed by atoms with Gasteiger partial charge in [0, 0.05) is 37.5 Å². The Kier molecular flexibility index (Phi) is 4.46. The molecule has 148 valence electrons. The number of benzene rings is 1. The quantitative estimate of drug-likeness (QED) is 0.810. The van der Waals surface area contributed by atoms with Crippen LogP contribution in [0.3, 0.4) is 0 Å². The number of rotatable bonds is 4. The highest BCUT2D eigenvalue weighted by molar-refractivity contribution is 5.80. The molecule has 3 atom stereocenters. The average Bonchev–Trinajstić information content (AvgIpc) is 3.27. The normalized spacial score (nSPS) is 27.8. The summed E-state index contributed by atoms with van der Waals surface area (Å²) in [7, 11) is 0. The Bertz CT molecular complexity index is 878. The molecule has 0 radical (unpaired) electrons. The molecule has 0 N–H and O–H groups in total. The predicted octanol–water partition coefficient (Wildman–Crippen LogP) is 3.55. The molecule has 3 heterocycles. The van der Waals surface area contributed by atoms with Gasteiger partial charge < -0.3 is 9.42 Å². The highest BCUT2D eigenvalue weighted by Gasteiger charge is 2.50. The fourth-order valence-electron chi connectivity index (χ4n) is 5.21. The van der Waals surface area contributed by atoms with Crippen LogP contribution in [0, 0.1) is 30.5 Å². The highest BCUT2D eigenvalue weighted by Crippen LogP contribution is 2.47. The van der Waals surface area contributed by atoms with Crippen LogP contribution >= 0.6 is 0 Å². The van der Waals surface area contributed by atoms with Gasteiger partial charge in [-0.15, -0.1) is 0 Å². The number of hydrogen-bond acceptors (Lipinski definition) is 4. The van der Waals surface area contributed by atoms with Crippen molar-refractivity contribution < 1.29 is 13.7 Å². The molecular weight excluding hydrogens is 357 g/mol. The number of fused-ring (bicyclic) bond motifs is 1. The first kappa shape index (κ1) is 17.9. The van der Waals surface area contributed by atoms with Gasteiger partial charge >= 0.3 is 0 Å². The molecule has 1 aliphatic carbocycles. The van der Waals surface area contributed by atoms with Crippen LogP contribution in [0.2, 0.25) is 0 Å². The monoisotopic (exact) mass is 383 g/mol. The van der Waals surface area contributed by atoms with Crippen molar-refractivity contribution in [3.63, 3.8) is 0 Å². The van der Waals surface area contributed by atoms with Crippen LogP contribution in [0.1, 0.15) is 42.3 Å². The molecule has 3 fully saturated rings. The first-order valence-corrected chi connectivity index (χ1v) is 10.3.